The van der Waals surface area contributed by atoms with Crippen LogP contribution in [0.3, 0.4) is 0 Å². The van der Waals surface area contributed by atoms with Crippen molar-refractivity contribution in [3.05, 3.63) is 19.2 Å². The van der Waals surface area contributed by atoms with Gasteiger partial charge in [0.15, 0.2) is 0 Å². The Morgan fingerprint density at radius 3 is 2.78 bits per heavy atom. The quantitative estimate of drug-likeness (QED) is 0.430. The van der Waals surface area contributed by atoms with Gasteiger partial charge in [0.1, 0.15) is 0 Å². The van der Waals surface area contributed by atoms with Crippen molar-refractivity contribution in [3.8, 4) is 0 Å². The van der Waals surface area contributed by atoms with Gasteiger partial charge in [-0.25, -0.2) is 0 Å². The van der Waals surface area contributed by atoms with Crippen LogP contribution in [0.5, 0.6) is 0 Å². The van der Waals surface area contributed by atoms with E-state index in [0.29, 0.717) is 6.54 Å². The second-order valence-corrected chi connectivity index (χ2v) is 1.65. The van der Waals surface area contributed by atoms with Gasteiger partial charge in [-0.05, 0) is 0 Å². The lowest BCUT2D eigenvalue weighted by Gasteiger charge is -2.05. The molecular formula is C6H12NO2. The van der Waals surface area contributed by atoms with Crippen LogP contribution in [0, 0.1) is 6.54 Å². The summed E-state index contributed by atoms with van der Waals surface area (Å²) in [5.41, 5.74) is 0. The number of aliphatic hydroxyl groups excluding tert-OH is 2. The van der Waals surface area contributed by atoms with E-state index in [2.05, 4.69) is 11.9 Å². The van der Waals surface area contributed by atoms with E-state index in [1.165, 1.54) is 0 Å². The first-order valence-electron chi connectivity index (χ1n) is 2.77. The summed E-state index contributed by atoms with van der Waals surface area (Å²) in [5, 5.41) is 19.8. The normalized spacial score (nSPS) is 13.1. The summed E-state index contributed by atoms with van der Waals surface area (Å²) in [7, 11) is 0. The van der Waals surface area contributed by atoms with Gasteiger partial charge in [-0.2, -0.15) is 0 Å². The lowest BCUT2D eigenvalue weighted by atomic mass is 10.4. The first-order chi connectivity index (χ1) is 4.31. The van der Waals surface area contributed by atoms with Crippen molar-refractivity contribution in [1.29, 1.82) is 0 Å². The number of rotatable bonds is 5. The highest BCUT2D eigenvalue weighted by Crippen LogP contribution is 1.77. The molecule has 0 aromatic carbocycles. The van der Waals surface area contributed by atoms with Crippen LogP contribution in [0.25, 0.3) is 0 Å². The third kappa shape index (κ3) is 5.49. The molecule has 0 aromatic rings. The van der Waals surface area contributed by atoms with E-state index in [1.54, 1.807) is 12.6 Å². The molecule has 0 spiro atoms. The SMILES string of the molecule is C=C[CH]NCC(O)CO. The van der Waals surface area contributed by atoms with Gasteiger partial charge in [-0.3, -0.25) is 0 Å². The van der Waals surface area contributed by atoms with Crippen molar-refractivity contribution in [1.82, 2.24) is 5.32 Å². The van der Waals surface area contributed by atoms with Crippen molar-refractivity contribution >= 4 is 0 Å². The molecule has 0 heterocycles. The lowest BCUT2D eigenvalue weighted by Crippen LogP contribution is -2.27. The number of nitrogens with one attached hydrogen (secondary N) is 1. The molecule has 0 fully saturated rings. The second-order valence-electron chi connectivity index (χ2n) is 1.65. The maximum Gasteiger partial charge on any atom is 0.0895 e. The molecule has 3 nitrogen and oxygen atoms in total. The molecule has 1 atom stereocenters. The van der Waals surface area contributed by atoms with E-state index in [9.17, 15) is 0 Å². The van der Waals surface area contributed by atoms with Crippen LogP contribution in [-0.2, 0) is 0 Å². The Bertz CT molecular complexity index is 75.5. The summed E-state index contributed by atoms with van der Waals surface area (Å²) < 4.78 is 0. The van der Waals surface area contributed by atoms with Crippen LogP contribution >= 0.6 is 0 Å². The maximum absolute atomic E-state index is 8.72. The summed E-state index contributed by atoms with van der Waals surface area (Å²) in [6.07, 6.45) is 0.894. The molecule has 0 aliphatic heterocycles. The van der Waals surface area contributed by atoms with Crippen molar-refractivity contribution in [2.24, 2.45) is 0 Å². The van der Waals surface area contributed by atoms with E-state index in [4.69, 9.17) is 10.2 Å². The molecule has 0 rings (SSSR count). The molecule has 0 aliphatic carbocycles. The van der Waals surface area contributed by atoms with Gasteiger partial charge in [-0.15, -0.1) is 6.58 Å². The zero-order valence-electron chi connectivity index (χ0n) is 5.25. The van der Waals surface area contributed by atoms with Crippen LogP contribution < -0.4 is 5.32 Å². The van der Waals surface area contributed by atoms with Crippen molar-refractivity contribution in [2.45, 2.75) is 6.10 Å². The average molecular weight is 130 g/mol. The molecule has 0 aliphatic rings. The van der Waals surface area contributed by atoms with Gasteiger partial charge in [0.05, 0.1) is 12.7 Å². The third-order valence-electron chi connectivity index (χ3n) is 0.800. The molecule has 1 unspecified atom stereocenters. The topological polar surface area (TPSA) is 52.5 Å². The fourth-order valence-electron chi connectivity index (χ4n) is 0.352. The fourth-order valence-corrected chi connectivity index (χ4v) is 0.352. The average Bonchev–Trinajstić information content (AvgIpc) is 1.89. The van der Waals surface area contributed by atoms with Gasteiger partial charge in [-0.1, -0.05) is 6.08 Å². The molecular weight excluding hydrogens is 118 g/mol. The molecule has 3 heteroatoms. The first-order valence-corrected chi connectivity index (χ1v) is 2.77. The van der Waals surface area contributed by atoms with Crippen LogP contribution in [0.1, 0.15) is 0 Å². The molecule has 3 N–H and O–H groups in total. The Morgan fingerprint density at radius 2 is 2.33 bits per heavy atom. The van der Waals surface area contributed by atoms with E-state index < -0.39 is 6.10 Å². The Labute approximate surface area is 55.0 Å². The van der Waals surface area contributed by atoms with E-state index in [-0.39, 0.29) is 6.61 Å². The second kappa shape index (κ2) is 5.75. The molecule has 0 saturated heterocycles. The monoisotopic (exact) mass is 130 g/mol. The predicted molar refractivity (Wildman–Crippen MR) is 35.6 cm³/mol. The van der Waals surface area contributed by atoms with Crippen LogP contribution in [0.15, 0.2) is 12.7 Å². The summed E-state index contributed by atoms with van der Waals surface area (Å²) in [6.45, 7) is 5.18. The molecule has 53 valence electrons. The van der Waals surface area contributed by atoms with E-state index in [0.717, 1.165) is 0 Å². The minimum Gasteiger partial charge on any atom is -0.394 e. The number of hydrogen-bond donors (Lipinski definition) is 3. The Kier molecular flexibility index (Phi) is 5.51. The van der Waals surface area contributed by atoms with Gasteiger partial charge in [0, 0.05) is 13.1 Å². The predicted octanol–water partition coefficient (Wildman–Crippen LogP) is -0.723. The van der Waals surface area contributed by atoms with E-state index in [1.807, 2.05) is 0 Å². The third-order valence-corrected chi connectivity index (χ3v) is 0.800. The fraction of sp³-hybridized carbons (Fsp3) is 0.500. The highest BCUT2D eigenvalue weighted by molar-refractivity contribution is 4.84. The summed E-state index contributed by atoms with van der Waals surface area (Å²) in [5.74, 6) is 0. The molecule has 0 bridgehead atoms. The Hall–Kier alpha value is -0.380. The van der Waals surface area contributed by atoms with Crippen LogP contribution in [-0.4, -0.2) is 29.5 Å². The van der Waals surface area contributed by atoms with Crippen molar-refractivity contribution in [2.75, 3.05) is 13.2 Å². The zero-order chi connectivity index (χ0) is 7.11. The minimum atomic E-state index is -0.679. The zero-order valence-corrected chi connectivity index (χ0v) is 5.25. The van der Waals surface area contributed by atoms with Crippen molar-refractivity contribution in [3.63, 3.8) is 0 Å². The molecule has 0 saturated carbocycles. The minimum absolute atomic E-state index is 0.210. The highest BCUT2D eigenvalue weighted by atomic mass is 16.3. The highest BCUT2D eigenvalue weighted by Gasteiger charge is 1.97. The van der Waals surface area contributed by atoms with Gasteiger partial charge < -0.3 is 15.5 Å². The summed E-state index contributed by atoms with van der Waals surface area (Å²) in [6, 6.07) is 0. The maximum atomic E-state index is 8.72. The van der Waals surface area contributed by atoms with Gasteiger partial charge in [0.25, 0.3) is 0 Å². The van der Waals surface area contributed by atoms with Gasteiger partial charge >= 0.3 is 0 Å². The van der Waals surface area contributed by atoms with E-state index >= 15 is 0 Å². The molecule has 9 heavy (non-hydrogen) atoms. The van der Waals surface area contributed by atoms with Crippen molar-refractivity contribution < 1.29 is 10.2 Å². The summed E-state index contributed by atoms with van der Waals surface area (Å²) in [4.78, 5) is 0. The molecule has 0 amide bonds. The smallest absolute Gasteiger partial charge is 0.0895 e. The summed E-state index contributed by atoms with van der Waals surface area (Å²) >= 11 is 0. The molecule has 0 aromatic heterocycles. The van der Waals surface area contributed by atoms with Gasteiger partial charge in [0.2, 0.25) is 0 Å². The standard InChI is InChI=1S/C6H12NO2/c1-2-3-7-4-6(9)5-8/h2-3,6-9H,1,4-5H2. The molecule has 1 radical (unpaired) electrons. The first kappa shape index (κ1) is 8.62. The largest absolute Gasteiger partial charge is 0.394 e. The lowest BCUT2D eigenvalue weighted by molar-refractivity contribution is 0.0965. The number of hydrogen-bond acceptors (Lipinski definition) is 3. The Morgan fingerprint density at radius 1 is 1.67 bits per heavy atom. The van der Waals surface area contributed by atoms with Crippen LogP contribution in [0.4, 0.5) is 0 Å². The Balaban J connectivity index is 2.96. The van der Waals surface area contributed by atoms with Crippen LogP contribution in [0.2, 0.25) is 0 Å². The number of aliphatic hydroxyl groups is 2.